The van der Waals surface area contributed by atoms with Crippen molar-refractivity contribution in [3.63, 3.8) is 0 Å². The molecule has 82 valence electrons. The summed E-state index contributed by atoms with van der Waals surface area (Å²) in [5.74, 6) is 0.150. The van der Waals surface area contributed by atoms with Crippen molar-refractivity contribution in [1.29, 1.82) is 0 Å². The van der Waals surface area contributed by atoms with Crippen molar-refractivity contribution in [2.24, 2.45) is 0 Å². The van der Waals surface area contributed by atoms with Crippen LogP contribution in [0.15, 0.2) is 12.4 Å². The number of carbonyl (C=O) groups is 1. The van der Waals surface area contributed by atoms with Crippen LogP contribution in [0.4, 0.5) is 0 Å². The molecule has 0 spiro atoms. The summed E-state index contributed by atoms with van der Waals surface area (Å²) >= 11 is 0. The van der Waals surface area contributed by atoms with Crippen molar-refractivity contribution in [3.05, 3.63) is 18.0 Å². The van der Waals surface area contributed by atoms with Crippen LogP contribution >= 0.6 is 0 Å². The van der Waals surface area contributed by atoms with Gasteiger partial charge in [0.2, 0.25) is 5.91 Å². The van der Waals surface area contributed by atoms with Crippen LogP contribution < -0.4 is 10.6 Å². The molecular formula is C10H16N4O. The first-order chi connectivity index (χ1) is 7.34. The molecule has 1 fully saturated rings. The van der Waals surface area contributed by atoms with E-state index in [0.29, 0.717) is 12.5 Å². The van der Waals surface area contributed by atoms with E-state index >= 15 is 0 Å². The molecule has 0 aliphatic carbocycles. The largest absolute Gasteiger partial charge is 0.356 e. The monoisotopic (exact) mass is 208 g/mol. The number of hydrogen-bond donors (Lipinski definition) is 3. The van der Waals surface area contributed by atoms with Crippen LogP contribution in [0.2, 0.25) is 0 Å². The Bertz CT molecular complexity index is 309. The Morgan fingerprint density at radius 2 is 2.53 bits per heavy atom. The highest BCUT2D eigenvalue weighted by atomic mass is 16.1. The number of hydrogen-bond acceptors (Lipinski definition) is 3. The lowest BCUT2D eigenvalue weighted by Crippen LogP contribution is -2.32. The molecule has 1 saturated heterocycles. The first-order valence-electron chi connectivity index (χ1n) is 5.32. The van der Waals surface area contributed by atoms with Crippen molar-refractivity contribution in [2.75, 3.05) is 6.54 Å². The van der Waals surface area contributed by atoms with E-state index in [4.69, 9.17) is 0 Å². The second kappa shape index (κ2) is 4.93. The highest BCUT2D eigenvalue weighted by Gasteiger charge is 2.16. The predicted molar refractivity (Wildman–Crippen MR) is 56.1 cm³/mol. The van der Waals surface area contributed by atoms with E-state index in [1.807, 2.05) is 6.20 Å². The molecule has 2 heterocycles. The van der Waals surface area contributed by atoms with Gasteiger partial charge in [-0.2, -0.15) is 5.10 Å². The summed E-state index contributed by atoms with van der Waals surface area (Å²) in [6, 6.07) is 0.294. The topological polar surface area (TPSA) is 69.8 Å². The number of nitrogens with zero attached hydrogens (tertiary/aromatic N) is 1. The maximum Gasteiger partial charge on any atom is 0.221 e. The van der Waals surface area contributed by atoms with E-state index in [2.05, 4.69) is 20.8 Å². The summed E-state index contributed by atoms with van der Waals surface area (Å²) in [5.41, 5.74) is 1.12. The minimum absolute atomic E-state index is 0.150. The number of rotatable bonds is 3. The van der Waals surface area contributed by atoms with Crippen molar-refractivity contribution < 1.29 is 4.79 Å². The minimum Gasteiger partial charge on any atom is -0.356 e. The molecule has 1 unspecified atom stereocenters. The lowest BCUT2D eigenvalue weighted by Gasteiger charge is -2.13. The van der Waals surface area contributed by atoms with E-state index in [0.717, 1.165) is 31.5 Å². The number of amides is 1. The number of H-pyrrole nitrogens is 1. The quantitative estimate of drug-likeness (QED) is 0.663. The Kier molecular flexibility index (Phi) is 3.34. The average Bonchev–Trinajstić information content (AvgIpc) is 2.65. The van der Waals surface area contributed by atoms with E-state index in [1.54, 1.807) is 6.20 Å². The van der Waals surface area contributed by atoms with Crippen molar-refractivity contribution in [3.8, 4) is 0 Å². The predicted octanol–water partition coefficient (Wildman–Crippen LogP) is 0.168. The number of aromatic nitrogens is 2. The summed E-state index contributed by atoms with van der Waals surface area (Å²) in [6.45, 7) is 1.58. The third-order valence-corrected chi connectivity index (χ3v) is 2.63. The molecule has 15 heavy (non-hydrogen) atoms. The first kappa shape index (κ1) is 10.2. The number of carbonyl (C=O) groups excluding carboxylic acids is 1. The molecule has 3 N–H and O–H groups in total. The van der Waals surface area contributed by atoms with E-state index < -0.39 is 0 Å². The van der Waals surface area contributed by atoms with Gasteiger partial charge in [0.1, 0.15) is 0 Å². The van der Waals surface area contributed by atoms with Crippen LogP contribution in [-0.2, 0) is 11.3 Å². The van der Waals surface area contributed by atoms with Gasteiger partial charge in [0.05, 0.1) is 6.20 Å². The lowest BCUT2D eigenvalue weighted by molar-refractivity contribution is -0.121. The van der Waals surface area contributed by atoms with Gasteiger partial charge in [0.25, 0.3) is 0 Å². The van der Waals surface area contributed by atoms with Gasteiger partial charge in [-0.05, 0) is 12.8 Å². The molecule has 0 radical (unpaired) electrons. The Labute approximate surface area is 88.6 Å². The van der Waals surface area contributed by atoms with E-state index in [-0.39, 0.29) is 5.91 Å². The molecule has 1 atom stereocenters. The molecule has 1 aliphatic heterocycles. The SMILES string of the molecule is O=C1CC(NCc2cn[nH]c2)CCCN1. The smallest absolute Gasteiger partial charge is 0.221 e. The fraction of sp³-hybridized carbons (Fsp3) is 0.600. The van der Waals surface area contributed by atoms with Gasteiger partial charge in [0, 0.05) is 37.3 Å². The van der Waals surface area contributed by atoms with Crippen LogP contribution in [0.25, 0.3) is 0 Å². The summed E-state index contributed by atoms with van der Waals surface area (Å²) in [4.78, 5) is 11.3. The summed E-state index contributed by atoms with van der Waals surface area (Å²) in [6.07, 6.45) is 6.34. The third-order valence-electron chi connectivity index (χ3n) is 2.63. The van der Waals surface area contributed by atoms with Gasteiger partial charge < -0.3 is 10.6 Å². The van der Waals surface area contributed by atoms with Crippen molar-refractivity contribution in [1.82, 2.24) is 20.8 Å². The fourth-order valence-electron chi connectivity index (χ4n) is 1.79. The molecule has 1 aromatic heterocycles. The zero-order valence-corrected chi connectivity index (χ0v) is 8.62. The normalized spacial score (nSPS) is 22.1. The first-order valence-corrected chi connectivity index (χ1v) is 5.32. The molecule has 0 saturated carbocycles. The summed E-state index contributed by atoms with van der Waals surface area (Å²) in [7, 11) is 0. The molecule has 0 bridgehead atoms. The maximum absolute atomic E-state index is 11.3. The minimum atomic E-state index is 0.150. The van der Waals surface area contributed by atoms with Gasteiger partial charge in [-0.1, -0.05) is 0 Å². The van der Waals surface area contributed by atoms with Crippen molar-refractivity contribution >= 4 is 5.91 Å². The number of nitrogens with one attached hydrogen (secondary N) is 3. The van der Waals surface area contributed by atoms with E-state index in [1.165, 1.54) is 0 Å². The van der Waals surface area contributed by atoms with Crippen LogP contribution in [0, 0.1) is 0 Å². The zero-order chi connectivity index (χ0) is 10.5. The van der Waals surface area contributed by atoms with Crippen molar-refractivity contribution in [2.45, 2.75) is 31.8 Å². The number of aromatic amines is 1. The summed E-state index contributed by atoms with van der Waals surface area (Å²) in [5, 5.41) is 12.9. The maximum atomic E-state index is 11.3. The van der Waals surface area contributed by atoms with Crippen LogP contribution in [0.1, 0.15) is 24.8 Å². The van der Waals surface area contributed by atoms with Gasteiger partial charge in [-0.25, -0.2) is 0 Å². The van der Waals surface area contributed by atoms with Gasteiger partial charge >= 0.3 is 0 Å². The van der Waals surface area contributed by atoms with Crippen LogP contribution in [-0.4, -0.2) is 28.7 Å². The molecule has 1 aliphatic rings. The molecule has 2 rings (SSSR count). The van der Waals surface area contributed by atoms with Gasteiger partial charge in [-0.3, -0.25) is 9.89 Å². The molecule has 1 aromatic rings. The Morgan fingerprint density at radius 1 is 1.60 bits per heavy atom. The van der Waals surface area contributed by atoms with Crippen LogP contribution in [0.5, 0.6) is 0 Å². The highest BCUT2D eigenvalue weighted by Crippen LogP contribution is 2.07. The molecular weight excluding hydrogens is 192 g/mol. The van der Waals surface area contributed by atoms with Crippen LogP contribution in [0.3, 0.4) is 0 Å². The van der Waals surface area contributed by atoms with Gasteiger partial charge in [-0.15, -0.1) is 0 Å². The second-order valence-corrected chi connectivity index (χ2v) is 3.88. The molecule has 0 aromatic carbocycles. The molecule has 5 heteroatoms. The van der Waals surface area contributed by atoms with E-state index in [9.17, 15) is 4.79 Å². The summed E-state index contributed by atoms with van der Waals surface area (Å²) < 4.78 is 0. The second-order valence-electron chi connectivity index (χ2n) is 3.88. The lowest BCUT2D eigenvalue weighted by atomic mass is 10.1. The molecule has 1 amide bonds. The van der Waals surface area contributed by atoms with Gasteiger partial charge in [0.15, 0.2) is 0 Å². The third kappa shape index (κ3) is 3.06. The Hall–Kier alpha value is -1.36. The Balaban J connectivity index is 1.80. The standard InChI is InChI=1S/C10H16N4O/c15-10-4-9(2-1-3-11-10)12-5-8-6-13-14-7-8/h6-7,9,12H,1-5H2,(H,11,15)(H,13,14). The average molecular weight is 208 g/mol. The Morgan fingerprint density at radius 3 is 3.33 bits per heavy atom. The molecule has 5 nitrogen and oxygen atoms in total. The zero-order valence-electron chi connectivity index (χ0n) is 8.62. The highest BCUT2D eigenvalue weighted by molar-refractivity contribution is 5.76. The fourth-order valence-corrected chi connectivity index (χ4v) is 1.79.